The highest BCUT2D eigenvalue weighted by molar-refractivity contribution is 6.06. The van der Waals surface area contributed by atoms with Crippen LogP contribution in [0.3, 0.4) is 0 Å². The molecule has 57 heavy (non-hydrogen) atoms. The summed E-state index contributed by atoms with van der Waals surface area (Å²) in [6, 6.07) is 0. The maximum atomic E-state index is 13.8. The fraction of sp³-hybridized carbons (Fsp3) is 0.918. The zero-order valence-electron chi connectivity index (χ0n) is 37.8. The van der Waals surface area contributed by atoms with Gasteiger partial charge in [0.1, 0.15) is 5.41 Å². The first kappa shape index (κ1) is 55.0. The topological polar surface area (TPSA) is 138 Å². The Bertz CT molecular complexity index is 970. The average Bonchev–Trinajstić information content (AvgIpc) is 3.17. The van der Waals surface area contributed by atoms with Gasteiger partial charge in [0.15, 0.2) is 11.7 Å². The van der Waals surface area contributed by atoms with Crippen LogP contribution in [0, 0.1) is 11.3 Å². The van der Waals surface area contributed by atoms with Gasteiger partial charge in [-0.25, -0.2) is 4.79 Å². The van der Waals surface area contributed by atoms with Gasteiger partial charge in [0.2, 0.25) is 5.60 Å². The van der Waals surface area contributed by atoms with Crippen molar-refractivity contribution in [2.45, 2.75) is 271 Å². The molecule has 0 aromatic heterocycles. The molecular weight excluding hydrogens is 717 g/mol. The Morgan fingerprint density at radius 2 is 0.702 bits per heavy atom. The molecule has 0 aliphatic rings. The quantitative estimate of drug-likeness (QED) is 0.0408. The van der Waals surface area contributed by atoms with Crippen LogP contribution in [0.2, 0.25) is 0 Å². The molecule has 8 heteroatoms. The van der Waals surface area contributed by atoms with Crippen molar-refractivity contribution >= 4 is 23.7 Å². The van der Waals surface area contributed by atoms with Gasteiger partial charge in [-0.05, 0) is 25.7 Å². The summed E-state index contributed by atoms with van der Waals surface area (Å²) >= 11 is 0. The predicted molar refractivity (Wildman–Crippen MR) is 236 cm³/mol. The predicted octanol–water partition coefficient (Wildman–Crippen LogP) is 14.7. The van der Waals surface area contributed by atoms with Crippen LogP contribution in [0.5, 0.6) is 0 Å². The lowest BCUT2D eigenvalue weighted by molar-refractivity contribution is -0.219. The summed E-state index contributed by atoms with van der Waals surface area (Å²) in [6.07, 6.45) is 35.3. The van der Waals surface area contributed by atoms with Gasteiger partial charge in [-0.2, -0.15) is 0 Å². The van der Waals surface area contributed by atoms with Crippen molar-refractivity contribution < 1.29 is 39.2 Å². The molecule has 0 fully saturated rings. The van der Waals surface area contributed by atoms with Crippen molar-refractivity contribution in [1.82, 2.24) is 0 Å². The number of ether oxygens (including phenoxy) is 1. The second-order valence-electron chi connectivity index (χ2n) is 17.4. The second-order valence-corrected chi connectivity index (χ2v) is 17.4. The number of carbonyl (C=O) groups excluding carboxylic acids is 1. The number of carboxylic acids is 3. The summed E-state index contributed by atoms with van der Waals surface area (Å²) in [5.41, 5.74) is -4.78. The van der Waals surface area contributed by atoms with Gasteiger partial charge >= 0.3 is 17.9 Å². The van der Waals surface area contributed by atoms with Crippen LogP contribution in [0.15, 0.2) is 0 Å². The average molecular weight is 809 g/mol. The monoisotopic (exact) mass is 809 g/mol. The van der Waals surface area contributed by atoms with E-state index in [-0.39, 0.29) is 25.9 Å². The fourth-order valence-corrected chi connectivity index (χ4v) is 8.87. The van der Waals surface area contributed by atoms with Gasteiger partial charge in [-0.1, -0.05) is 233 Å². The number of Topliss-reactive ketones (excluding diaryl/α,β-unsaturated/α-hetero) is 1. The molecule has 0 rings (SSSR count). The number of aliphatic carboxylic acids is 3. The van der Waals surface area contributed by atoms with Crippen LogP contribution < -0.4 is 0 Å². The maximum Gasteiger partial charge on any atom is 0.338 e. The number of hydrogen-bond donors (Lipinski definition) is 3. The van der Waals surface area contributed by atoms with Crippen molar-refractivity contribution in [2.75, 3.05) is 6.61 Å². The number of carboxylic acid groups (broad SMARTS) is 3. The Morgan fingerprint density at radius 3 is 0.965 bits per heavy atom. The lowest BCUT2D eigenvalue weighted by Crippen LogP contribution is -2.67. The van der Waals surface area contributed by atoms with E-state index in [9.17, 15) is 34.5 Å². The lowest BCUT2D eigenvalue weighted by Gasteiger charge is -2.47. The molecule has 0 saturated carbocycles. The molecular formula is C49H92O8. The molecule has 0 bridgehead atoms. The molecule has 0 radical (unpaired) electrons. The normalized spacial score (nSPS) is 13.4. The first-order chi connectivity index (χ1) is 27.6. The third-order valence-corrected chi connectivity index (χ3v) is 12.4. The molecule has 8 nitrogen and oxygen atoms in total. The minimum atomic E-state index is -2.72. The van der Waals surface area contributed by atoms with Crippen molar-refractivity contribution in [2.24, 2.45) is 11.3 Å². The van der Waals surface area contributed by atoms with Crippen LogP contribution >= 0.6 is 0 Å². The molecule has 2 atom stereocenters. The van der Waals surface area contributed by atoms with Gasteiger partial charge in [0.25, 0.3) is 0 Å². The lowest BCUT2D eigenvalue weighted by atomic mass is 9.59. The molecule has 0 aliphatic heterocycles. The Morgan fingerprint density at radius 1 is 0.404 bits per heavy atom. The molecule has 0 spiro atoms. The smallest absolute Gasteiger partial charge is 0.338 e. The van der Waals surface area contributed by atoms with Crippen LogP contribution in [0.25, 0.3) is 0 Å². The minimum Gasteiger partial charge on any atom is -0.481 e. The van der Waals surface area contributed by atoms with Crippen LogP contribution in [-0.4, -0.2) is 51.2 Å². The van der Waals surface area contributed by atoms with Gasteiger partial charge < -0.3 is 20.1 Å². The molecule has 0 aliphatic carbocycles. The number of unbranched alkanes of at least 4 members (excludes halogenated alkanes) is 30. The Kier molecular flexibility index (Phi) is 35.8. The second kappa shape index (κ2) is 37.1. The number of carbonyl (C=O) groups is 4. The van der Waals surface area contributed by atoms with E-state index in [1.807, 2.05) is 0 Å². The highest BCUT2D eigenvalue weighted by Gasteiger charge is 2.69. The first-order valence-corrected chi connectivity index (χ1v) is 24.5. The Balaban J connectivity index is 6.12. The number of hydrogen-bond acceptors (Lipinski definition) is 5. The zero-order valence-corrected chi connectivity index (χ0v) is 37.8. The van der Waals surface area contributed by atoms with E-state index in [0.29, 0.717) is 25.7 Å². The van der Waals surface area contributed by atoms with Crippen molar-refractivity contribution in [3.63, 3.8) is 0 Å². The number of rotatable bonds is 45. The van der Waals surface area contributed by atoms with Crippen LogP contribution in [0.4, 0.5) is 0 Å². The van der Waals surface area contributed by atoms with Crippen LogP contribution in [0.1, 0.15) is 265 Å². The molecule has 0 heterocycles. The summed E-state index contributed by atoms with van der Waals surface area (Å²) in [5.74, 6) is -7.50. The van der Waals surface area contributed by atoms with E-state index >= 15 is 0 Å². The van der Waals surface area contributed by atoms with Gasteiger partial charge in [0.05, 0.1) is 0 Å². The standard InChI is InChI=1S/C49H92O8/c1-5-9-12-15-18-21-24-27-30-33-36-40-48(46(53)54,41-37-34-31-28-25-22-19-16-13-10-6-2)49(47(55)56,44(45(51)52)43(50)39-8-4)57-42-38-35-32-29-26-23-20-17-14-11-7-3/h44H,5-42H2,1-4H3,(H,51,52)(H,53,54)(H,55,56). The largest absolute Gasteiger partial charge is 0.481 e. The van der Waals surface area contributed by atoms with E-state index in [1.165, 1.54) is 116 Å². The third-order valence-electron chi connectivity index (χ3n) is 12.4. The summed E-state index contributed by atoms with van der Waals surface area (Å²) in [5, 5.41) is 33.0. The maximum absolute atomic E-state index is 13.8. The summed E-state index contributed by atoms with van der Waals surface area (Å²) in [4.78, 5) is 54.4. The summed E-state index contributed by atoms with van der Waals surface area (Å²) in [7, 11) is 0. The molecule has 0 aromatic carbocycles. The Hall–Kier alpha value is -1.96. The minimum absolute atomic E-state index is 0.0369. The molecule has 0 aromatic rings. The van der Waals surface area contributed by atoms with E-state index < -0.39 is 40.6 Å². The summed E-state index contributed by atoms with van der Waals surface area (Å²) < 4.78 is 6.31. The number of ketones is 1. The molecule has 336 valence electrons. The van der Waals surface area contributed by atoms with Crippen molar-refractivity contribution in [3.8, 4) is 0 Å². The molecule has 2 unspecified atom stereocenters. The molecule has 0 saturated heterocycles. The highest BCUT2D eigenvalue weighted by atomic mass is 16.5. The van der Waals surface area contributed by atoms with E-state index in [2.05, 4.69) is 20.8 Å². The zero-order chi connectivity index (χ0) is 42.5. The van der Waals surface area contributed by atoms with Gasteiger partial charge in [-0.15, -0.1) is 0 Å². The van der Waals surface area contributed by atoms with E-state index in [1.54, 1.807) is 6.92 Å². The van der Waals surface area contributed by atoms with Crippen molar-refractivity contribution in [1.29, 1.82) is 0 Å². The highest BCUT2D eigenvalue weighted by Crippen LogP contribution is 2.50. The molecule has 0 amide bonds. The first-order valence-electron chi connectivity index (χ1n) is 24.5. The molecule has 3 N–H and O–H groups in total. The van der Waals surface area contributed by atoms with E-state index in [0.717, 1.165) is 77.0 Å². The van der Waals surface area contributed by atoms with Crippen molar-refractivity contribution in [3.05, 3.63) is 0 Å². The Labute approximate surface area is 350 Å². The van der Waals surface area contributed by atoms with Crippen LogP contribution in [-0.2, 0) is 23.9 Å². The van der Waals surface area contributed by atoms with E-state index in [4.69, 9.17) is 4.74 Å². The van der Waals surface area contributed by atoms with Gasteiger partial charge in [-0.3, -0.25) is 14.4 Å². The summed E-state index contributed by atoms with van der Waals surface area (Å²) in [6.45, 7) is 8.29. The third kappa shape index (κ3) is 23.4. The fourth-order valence-electron chi connectivity index (χ4n) is 8.87. The SMILES string of the molecule is CCCCCCCCCCCCCOC(C(=O)O)(C(C(=O)O)C(=O)CCC)C(CCCCCCCCCCCCC)(CCCCCCCCCCCCC)C(=O)O. The van der Waals surface area contributed by atoms with Gasteiger partial charge in [0, 0.05) is 13.0 Å².